The number of benzene rings is 1. The van der Waals surface area contributed by atoms with Gasteiger partial charge in [0, 0.05) is 30.1 Å². The maximum absolute atomic E-state index is 11.6. The van der Waals surface area contributed by atoms with E-state index in [1.165, 1.54) is 5.69 Å². The van der Waals surface area contributed by atoms with Crippen molar-refractivity contribution >= 4 is 16.7 Å². The Hall–Kier alpha value is -1.64. The molecule has 0 saturated heterocycles. The van der Waals surface area contributed by atoms with Gasteiger partial charge in [0.2, 0.25) is 0 Å². The highest BCUT2D eigenvalue weighted by Crippen LogP contribution is 2.28. The van der Waals surface area contributed by atoms with Crippen LogP contribution in [-0.2, 0) is 13.5 Å². The monoisotopic (exact) mass is 216 g/mol. The van der Waals surface area contributed by atoms with E-state index in [2.05, 4.69) is 5.10 Å². The maximum atomic E-state index is 11.6. The fourth-order valence-electron chi connectivity index (χ4n) is 2.20. The van der Waals surface area contributed by atoms with Crippen molar-refractivity contribution in [2.45, 2.75) is 26.7 Å². The van der Waals surface area contributed by atoms with Gasteiger partial charge in [0.05, 0.1) is 5.52 Å². The number of hydrogen-bond acceptors (Lipinski definition) is 2. The average Bonchev–Trinajstić information content (AvgIpc) is 2.64. The third-order valence-corrected chi connectivity index (χ3v) is 2.87. The molecule has 0 N–H and O–H groups in total. The molecule has 0 aliphatic heterocycles. The van der Waals surface area contributed by atoms with Crippen LogP contribution in [0.4, 0.5) is 0 Å². The number of aromatic nitrogens is 2. The molecule has 0 atom stereocenters. The molecule has 84 valence electrons. The summed E-state index contributed by atoms with van der Waals surface area (Å²) in [5.74, 6) is 0.246. The number of nitrogens with zero attached hydrogens (tertiary/aromatic N) is 2. The lowest BCUT2D eigenvalue weighted by molar-refractivity contribution is 0.0981. The molecule has 0 radical (unpaired) electrons. The Balaban J connectivity index is 0.000000457. The smallest absolute Gasteiger partial charge is 0.164 e. The summed E-state index contributed by atoms with van der Waals surface area (Å²) in [6.45, 7) is 4.00. The molecule has 1 aliphatic rings. The quantitative estimate of drug-likeness (QED) is 0.678. The zero-order valence-electron chi connectivity index (χ0n) is 9.95. The summed E-state index contributed by atoms with van der Waals surface area (Å²) in [4.78, 5) is 11.6. The topological polar surface area (TPSA) is 34.9 Å². The molecule has 1 aromatic heterocycles. The van der Waals surface area contributed by atoms with Gasteiger partial charge < -0.3 is 0 Å². The van der Waals surface area contributed by atoms with E-state index < -0.39 is 0 Å². The van der Waals surface area contributed by atoms with Crippen molar-refractivity contribution in [3.05, 3.63) is 29.5 Å². The largest absolute Gasteiger partial charge is 0.294 e. The molecule has 0 amide bonds. The molecule has 1 aliphatic carbocycles. The van der Waals surface area contributed by atoms with E-state index in [4.69, 9.17) is 0 Å². The summed E-state index contributed by atoms with van der Waals surface area (Å²) < 4.78 is 1.89. The molecule has 0 unspecified atom stereocenters. The lowest BCUT2D eigenvalue weighted by atomic mass is 9.94. The highest BCUT2D eigenvalue weighted by molar-refractivity contribution is 6.10. The first kappa shape index (κ1) is 10.9. The van der Waals surface area contributed by atoms with Gasteiger partial charge in [0.15, 0.2) is 5.78 Å². The Bertz CT molecular complexity index is 540. The van der Waals surface area contributed by atoms with E-state index >= 15 is 0 Å². The zero-order chi connectivity index (χ0) is 11.7. The Kier molecular flexibility index (Phi) is 2.77. The first-order valence-corrected chi connectivity index (χ1v) is 5.75. The molecular formula is C13H16N2O. The van der Waals surface area contributed by atoms with Crippen molar-refractivity contribution in [1.82, 2.24) is 9.78 Å². The van der Waals surface area contributed by atoms with Crippen molar-refractivity contribution in [1.29, 1.82) is 0 Å². The van der Waals surface area contributed by atoms with E-state index in [1.54, 1.807) is 0 Å². The average molecular weight is 216 g/mol. The van der Waals surface area contributed by atoms with Crippen LogP contribution < -0.4 is 0 Å². The number of aryl methyl sites for hydroxylation is 2. The minimum Gasteiger partial charge on any atom is -0.294 e. The Morgan fingerprint density at radius 3 is 2.75 bits per heavy atom. The molecule has 1 heterocycles. The van der Waals surface area contributed by atoms with Gasteiger partial charge in [0.1, 0.15) is 0 Å². The van der Waals surface area contributed by atoms with Crippen LogP contribution in [0, 0.1) is 0 Å². The number of carbonyl (C=O) groups excluding carboxylic acids is 1. The second kappa shape index (κ2) is 4.08. The molecule has 0 saturated carbocycles. The van der Waals surface area contributed by atoms with Crippen molar-refractivity contribution in [3.8, 4) is 0 Å². The summed E-state index contributed by atoms with van der Waals surface area (Å²) in [7, 11) is 1.94. The van der Waals surface area contributed by atoms with Crippen LogP contribution >= 0.6 is 0 Å². The number of rotatable bonds is 0. The van der Waals surface area contributed by atoms with Crippen molar-refractivity contribution in [2.75, 3.05) is 0 Å². The Labute approximate surface area is 95.1 Å². The molecule has 0 spiro atoms. The van der Waals surface area contributed by atoms with Crippen LogP contribution in [-0.4, -0.2) is 15.6 Å². The standard InChI is InChI=1S/C11H10N2O.C2H6/c1-13-9-5-6-10(14)7-3-2-4-8(12-13)11(7)9;1-2/h2-4H,5-6H2,1H3;1-2H3. The van der Waals surface area contributed by atoms with E-state index in [-0.39, 0.29) is 5.78 Å². The third kappa shape index (κ3) is 1.43. The summed E-state index contributed by atoms with van der Waals surface area (Å²) in [6, 6.07) is 5.76. The fraction of sp³-hybridized carbons (Fsp3) is 0.385. The minimum atomic E-state index is 0.246. The molecular weight excluding hydrogens is 200 g/mol. The molecule has 1 aromatic carbocycles. The van der Waals surface area contributed by atoms with Crippen LogP contribution in [0.15, 0.2) is 18.2 Å². The summed E-state index contributed by atoms with van der Waals surface area (Å²) >= 11 is 0. The molecule has 0 bridgehead atoms. The van der Waals surface area contributed by atoms with E-state index in [0.29, 0.717) is 6.42 Å². The highest BCUT2D eigenvalue weighted by atomic mass is 16.1. The van der Waals surface area contributed by atoms with Gasteiger partial charge in [-0.05, 0) is 12.5 Å². The first-order valence-electron chi connectivity index (χ1n) is 5.75. The van der Waals surface area contributed by atoms with Crippen LogP contribution in [0.3, 0.4) is 0 Å². The van der Waals surface area contributed by atoms with Gasteiger partial charge in [-0.15, -0.1) is 0 Å². The summed E-state index contributed by atoms with van der Waals surface area (Å²) in [5, 5.41) is 5.44. The third-order valence-electron chi connectivity index (χ3n) is 2.87. The van der Waals surface area contributed by atoms with E-state index in [9.17, 15) is 4.79 Å². The lowest BCUT2D eigenvalue weighted by Gasteiger charge is -2.10. The van der Waals surface area contributed by atoms with E-state index in [1.807, 2.05) is 43.8 Å². The SMILES string of the molecule is CC.Cn1nc2cccc3c2c1CCC3=O. The van der Waals surface area contributed by atoms with Crippen LogP contribution in [0.2, 0.25) is 0 Å². The predicted octanol–water partition coefficient (Wildman–Crippen LogP) is 2.73. The molecule has 3 nitrogen and oxygen atoms in total. The van der Waals surface area contributed by atoms with Gasteiger partial charge >= 0.3 is 0 Å². The highest BCUT2D eigenvalue weighted by Gasteiger charge is 2.22. The van der Waals surface area contributed by atoms with Crippen LogP contribution in [0.1, 0.15) is 36.3 Å². The normalized spacial score (nSPS) is 13.6. The van der Waals surface area contributed by atoms with Gasteiger partial charge in [-0.3, -0.25) is 9.48 Å². The van der Waals surface area contributed by atoms with E-state index in [0.717, 1.165) is 22.9 Å². The van der Waals surface area contributed by atoms with Crippen LogP contribution in [0.5, 0.6) is 0 Å². The van der Waals surface area contributed by atoms with Gasteiger partial charge in [-0.25, -0.2) is 0 Å². The number of carbonyl (C=O) groups is 1. The Morgan fingerprint density at radius 2 is 2.00 bits per heavy atom. The van der Waals surface area contributed by atoms with Gasteiger partial charge in [-0.1, -0.05) is 26.0 Å². The second-order valence-corrected chi connectivity index (χ2v) is 3.69. The number of hydrogen-bond donors (Lipinski definition) is 0. The Morgan fingerprint density at radius 1 is 1.25 bits per heavy atom. The summed E-state index contributed by atoms with van der Waals surface area (Å²) in [5.41, 5.74) is 2.97. The van der Waals surface area contributed by atoms with Crippen molar-refractivity contribution in [2.24, 2.45) is 7.05 Å². The molecule has 0 fully saturated rings. The molecule has 16 heavy (non-hydrogen) atoms. The zero-order valence-corrected chi connectivity index (χ0v) is 9.95. The lowest BCUT2D eigenvalue weighted by Crippen LogP contribution is -2.10. The number of ketones is 1. The summed E-state index contributed by atoms with van der Waals surface area (Å²) in [6.07, 6.45) is 1.44. The molecule has 2 aromatic rings. The second-order valence-electron chi connectivity index (χ2n) is 3.69. The van der Waals surface area contributed by atoms with Crippen LogP contribution in [0.25, 0.3) is 10.9 Å². The predicted molar refractivity (Wildman–Crippen MR) is 64.7 cm³/mol. The number of Topliss-reactive ketones (excluding diaryl/α,β-unsaturated/α-hetero) is 1. The van der Waals surface area contributed by atoms with Crippen molar-refractivity contribution in [3.63, 3.8) is 0 Å². The molecule has 3 heteroatoms. The maximum Gasteiger partial charge on any atom is 0.164 e. The first-order chi connectivity index (χ1) is 7.77. The van der Waals surface area contributed by atoms with Gasteiger partial charge in [0.25, 0.3) is 0 Å². The fourth-order valence-corrected chi connectivity index (χ4v) is 2.20. The minimum absolute atomic E-state index is 0.246. The molecule has 3 rings (SSSR count). The van der Waals surface area contributed by atoms with Crippen molar-refractivity contribution < 1.29 is 4.79 Å². The van der Waals surface area contributed by atoms with Gasteiger partial charge in [-0.2, -0.15) is 5.10 Å².